The van der Waals surface area contributed by atoms with E-state index < -0.39 is 0 Å². The first-order valence-electron chi connectivity index (χ1n) is 10.4. The second-order valence-corrected chi connectivity index (χ2v) is 7.70. The van der Waals surface area contributed by atoms with Gasteiger partial charge in [0.15, 0.2) is 23.0 Å². The molecule has 0 unspecified atom stereocenters. The maximum Gasteiger partial charge on any atom is 0.255 e. The summed E-state index contributed by atoms with van der Waals surface area (Å²) in [6.45, 7) is 0. The minimum absolute atomic E-state index is 0.352. The highest BCUT2D eigenvalue weighted by Gasteiger charge is 2.15. The predicted molar refractivity (Wildman–Crippen MR) is 135 cm³/mol. The third-order valence-electron chi connectivity index (χ3n) is 5.26. The SMILES string of the molecule is COc1ccc(C(=O)Nc2cc(Nc3ncnc4cc(OC)c(OC)cc34)ccc2Cl)cc1OC. The number of benzene rings is 3. The van der Waals surface area contributed by atoms with Gasteiger partial charge in [-0.3, -0.25) is 4.79 Å². The van der Waals surface area contributed by atoms with Crippen LogP contribution in [0, 0.1) is 0 Å². The van der Waals surface area contributed by atoms with E-state index >= 15 is 0 Å². The van der Waals surface area contributed by atoms with Crippen LogP contribution in [0.4, 0.5) is 17.2 Å². The van der Waals surface area contributed by atoms with Crippen molar-refractivity contribution in [2.45, 2.75) is 0 Å². The molecule has 1 amide bonds. The Balaban J connectivity index is 1.62. The van der Waals surface area contributed by atoms with E-state index in [9.17, 15) is 4.79 Å². The molecule has 0 aliphatic heterocycles. The number of methoxy groups -OCH3 is 4. The van der Waals surface area contributed by atoms with Gasteiger partial charge in [0.2, 0.25) is 0 Å². The third kappa shape index (κ3) is 4.99. The lowest BCUT2D eigenvalue weighted by Crippen LogP contribution is -2.12. The van der Waals surface area contributed by atoms with E-state index in [1.807, 2.05) is 0 Å². The van der Waals surface area contributed by atoms with Gasteiger partial charge in [-0.05, 0) is 42.5 Å². The molecule has 0 aliphatic carbocycles. The molecule has 0 spiro atoms. The van der Waals surface area contributed by atoms with Crippen LogP contribution in [-0.2, 0) is 0 Å². The first-order chi connectivity index (χ1) is 17.0. The number of ether oxygens (including phenoxy) is 4. The molecule has 180 valence electrons. The molecule has 0 fully saturated rings. The van der Waals surface area contributed by atoms with Crippen LogP contribution in [0.5, 0.6) is 23.0 Å². The fourth-order valence-corrected chi connectivity index (χ4v) is 3.65. The Bertz CT molecular complexity index is 1400. The van der Waals surface area contributed by atoms with E-state index in [1.165, 1.54) is 20.5 Å². The van der Waals surface area contributed by atoms with E-state index in [2.05, 4.69) is 20.6 Å². The normalized spacial score (nSPS) is 10.5. The van der Waals surface area contributed by atoms with Crippen LogP contribution in [-0.4, -0.2) is 44.3 Å². The highest BCUT2D eigenvalue weighted by molar-refractivity contribution is 6.34. The van der Waals surface area contributed by atoms with Crippen molar-refractivity contribution < 1.29 is 23.7 Å². The fraction of sp³-hybridized carbons (Fsp3) is 0.160. The molecule has 0 bridgehead atoms. The number of carbonyl (C=O) groups is 1. The van der Waals surface area contributed by atoms with Gasteiger partial charge in [0.1, 0.15) is 12.1 Å². The van der Waals surface area contributed by atoms with Crippen LogP contribution >= 0.6 is 11.6 Å². The summed E-state index contributed by atoms with van der Waals surface area (Å²) in [6.07, 6.45) is 1.45. The molecule has 0 saturated carbocycles. The molecule has 2 N–H and O–H groups in total. The zero-order chi connectivity index (χ0) is 24.9. The van der Waals surface area contributed by atoms with Crippen molar-refractivity contribution in [1.29, 1.82) is 0 Å². The second kappa shape index (κ2) is 10.4. The standard InChI is InChI=1S/C25H23ClN4O5/c1-32-20-8-5-14(9-21(20)33-2)25(31)30-19-10-15(6-7-17(19)26)29-24-16-11-22(34-3)23(35-4)12-18(16)27-13-28-24/h5-13H,1-4H3,(H,30,31)(H,27,28,29). The molecule has 0 atom stereocenters. The van der Waals surface area contributed by atoms with Gasteiger partial charge in [-0.2, -0.15) is 0 Å². The van der Waals surface area contributed by atoms with Crippen LogP contribution < -0.4 is 29.6 Å². The number of hydrogen-bond acceptors (Lipinski definition) is 8. The van der Waals surface area contributed by atoms with Gasteiger partial charge in [0.25, 0.3) is 5.91 Å². The Morgan fingerprint density at radius 2 is 1.49 bits per heavy atom. The molecular weight excluding hydrogens is 472 g/mol. The van der Waals surface area contributed by atoms with E-state index in [1.54, 1.807) is 62.8 Å². The Kier molecular flexibility index (Phi) is 7.07. The van der Waals surface area contributed by atoms with Gasteiger partial charge >= 0.3 is 0 Å². The number of aromatic nitrogens is 2. The molecule has 0 aliphatic rings. The van der Waals surface area contributed by atoms with Crippen molar-refractivity contribution in [3.63, 3.8) is 0 Å². The van der Waals surface area contributed by atoms with Crippen LogP contribution in [0.2, 0.25) is 5.02 Å². The Morgan fingerprint density at radius 3 is 2.20 bits per heavy atom. The minimum atomic E-state index is -0.352. The number of nitrogens with zero attached hydrogens (tertiary/aromatic N) is 2. The topological polar surface area (TPSA) is 104 Å². The molecule has 4 aromatic rings. The largest absolute Gasteiger partial charge is 0.493 e. The molecule has 3 aromatic carbocycles. The number of halogens is 1. The fourth-order valence-electron chi connectivity index (χ4n) is 3.49. The van der Waals surface area contributed by atoms with Gasteiger partial charge in [-0.1, -0.05) is 11.6 Å². The number of amides is 1. The monoisotopic (exact) mass is 494 g/mol. The summed E-state index contributed by atoms with van der Waals surface area (Å²) in [6, 6.07) is 13.7. The summed E-state index contributed by atoms with van der Waals surface area (Å²) in [7, 11) is 6.17. The van der Waals surface area contributed by atoms with Crippen molar-refractivity contribution in [3.8, 4) is 23.0 Å². The number of hydrogen-bond donors (Lipinski definition) is 2. The smallest absolute Gasteiger partial charge is 0.255 e. The molecule has 1 aromatic heterocycles. The van der Waals surface area contributed by atoms with Crippen LogP contribution in [0.1, 0.15) is 10.4 Å². The minimum Gasteiger partial charge on any atom is -0.493 e. The lowest BCUT2D eigenvalue weighted by atomic mass is 10.1. The molecule has 1 heterocycles. The number of rotatable bonds is 8. The number of carbonyl (C=O) groups excluding carboxylic acids is 1. The Labute approximate surface area is 207 Å². The quantitative estimate of drug-likeness (QED) is 0.339. The average molecular weight is 495 g/mol. The first kappa shape index (κ1) is 23.9. The number of anilines is 3. The molecule has 0 radical (unpaired) electrons. The lowest BCUT2D eigenvalue weighted by molar-refractivity contribution is 0.102. The summed E-state index contributed by atoms with van der Waals surface area (Å²) in [4.78, 5) is 21.6. The third-order valence-corrected chi connectivity index (χ3v) is 5.59. The summed E-state index contributed by atoms with van der Waals surface area (Å²) >= 11 is 6.36. The first-order valence-corrected chi connectivity index (χ1v) is 10.8. The maximum absolute atomic E-state index is 12.9. The van der Waals surface area contributed by atoms with Gasteiger partial charge in [0, 0.05) is 22.7 Å². The summed E-state index contributed by atoms with van der Waals surface area (Å²) in [5.41, 5.74) is 2.15. The zero-order valence-corrected chi connectivity index (χ0v) is 20.3. The summed E-state index contributed by atoms with van der Waals surface area (Å²) in [5.74, 6) is 2.29. The van der Waals surface area contributed by atoms with E-state index in [0.717, 1.165) is 5.39 Å². The number of nitrogens with one attached hydrogen (secondary N) is 2. The second-order valence-electron chi connectivity index (χ2n) is 7.29. The van der Waals surface area contributed by atoms with Gasteiger partial charge < -0.3 is 29.6 Å². The molecule has 35 heavy (non-hydrogen) atoms. The summed E-state index contributed by atoms with van der Waals surface area (Å²) in [5, 5.41) is 7.20. The van der Waals surface area contributed by atoms with E-state index in [4.69, 9.17) is 30.5 Å². The average Bonchev–Trinajstić information content (AvgIpc) is 2.89. The highest BCUT2D eigenvalue weighted by atomic mass is 35.5. The molecular formula is C25H23ClN4O5. The van der Waals surface area contributed by atoms with Crippen LogP contribution in [0.25, 0.3) is 10.9 Å². The lowest BCUT2D eigenvalue weighted by Gasteiger charge is -2.14. The Hall–Kier alpha value is -4.24. The molecule has 9 nitrogen and oxygen atoms in total. The molecule has 4 rings (SSSR count). The van der Waals surface area contributed by atoms with Crippen molar-refractivity contribution in [2.75, 3.05) is 39.1 Å². The molecule has 0 saturated heterocycles. The van der Waals surface area contributed by atoms with Crippen molar-refractivity contribution in [1.82, 2.24) is 9.97 Å². The number of fused-ring (bicyclic) bond motifs is 1. The van der Waals surface area contributed by atoms with E-state index in [-0.39, 0.29) is 5.91 Å². The van der Waals surface area contributed by atoms with Gasteiger partial charge in [0.05, 0.1) is 44.7 Å². The van der Waals surface area contributed by atoms with E-state index in [0.29, 0.717) is 56.3 Å². The van der Waals surface area contributed by atoms with Gasteiger partial charge in [-0.25, -0.2) is 9.97 Å². The molecule has 10 heteroatoms. The Morgan fingerprint density at radius 1 is 0.800 bits per heavy atom. The zero-order valence-electron chi connectivity index (χ0n) is 19.5. The van der Waals surface area contributed by atoms with Gasteiger partial charge in [-0.15, -0.1) is 0 Å². The predicted octanol–water partition coefficient (Wildman–Crippen LogP) is 5.31. The van der Waals surface area contributed by atoms with Crippen molar-refractivity contribution in [2.24, 2.45) is 0 Å². The van der Waals surface area contributed by atoms with Crippen LogP contribution in [0.3, 0.4) is 0 Å². The van der Waals surface area contributed by atoms with Crippen molar-refractivity contribution in [3.05, 3.63) is 65.4 Å². The van der Waals surface area contributed by atoms with Crippen molar-refractivity contribution >= 4 is 45.6 Å². The van der Waals surface area contributed by atoms with Crippen LogP contribution in [0.15, 0.2) is 54.9 Å². The maximum atomic E-state index is 12.9. The summed E-state index contributed by atoms with van der Waals surface area (Å²) < 4.78 is 21.3. The highest BCUT2D eigenvalue weighted by Crippen LogP contribution is 2.35.